The fraction of sp³-hybridized carbons (Fsp3) is 0.368. The Morgan fingerprint density at radius 1 is 0.917 bits per heavy atom. The predicted octanol–water partition coefficient (Wildman–Crippen LogP) is 2.92. The van der Waals surface area contributed by atoms with E-state index in [9.17, 15) is 4.39 Å². The molecule has 4 nitrogen and oxygen atoms in total. The number of hydrogen-bond acceptors (Lipinski definition) is 4. The number of benzene rings is 2. The van der Waals surface area contributed by atoms with Crippen LogP contribution in [0.25, 0.3) is 0 Å². The lowest BCUT2D eigenvalue weighted by Gasteiger charge is -2.37. The van der Waals surface area contributed by atoms with Crippen LogP contribution in [-0.4, -0.2) is 44.3 Å². The van der Waals surface area contributed by atoms with E-state index >= 15 is 0 Å². The van der Waals surface area contributed by atoms with Crippen LogP contribution in [0.1, 0.15) is 5.56 Å². The van der Waals surface area contributed by atoms with Gasteiger partial charge in [-0.15, -0.1) is 0 Å². The molecule has 2 aromatic rings. The van der Waals surface area contributed by atoms with Gasteiger partial charge >= 0.3 is 0 Å². The smallest absolute Gasteiger partial charge is 0.184 e. The molecule has 2 aliphatic heterocycles. The van der Waals surface area contributed by atoms with E-state index in [4.69, 9.17) is 9.47 Å². The first-order chi connectivity index (χ1) is 11.8. The highest BCUT2D eigenvalue weighted by molar-refractivity contribution is 5.65. The van der Waals surface area contributed by atoms with E-state index in [2.05, 4.69) is 34.1 Å². The number of halogens is 1. The first kappa shape index (κ1) is 15.3. The predicted molar refractivity (Wildman–Crippen MR) is 91.3 cm³/mol. The average molecular weight is 328 g/mol. The van der Waals surface area contributed by atoms with E-state index in [1.54, 1.807) is 6.07 Å². The minimum Gasteiger partial charge on any atom is -0.486 e. The molecule has 1 fully saturated rings. The summed E-state index contributed by atoms with van der Waals surface area (Å²) in [6, 6.07) is 13.4. The van der Waals surface area contributed by atoms with Crippen molar-refractivity contribution >= 4 is 5.69 Å². The molecule has 1 saturated heterocycles. The Hall–Kier alpha value is -2.27. The summed E-state index contributed by atoms with van der Waals surface area (Å²) in [7, 11) is 0. The van der Waals surface area contributed by atoms with Crippen molar-refractivity contribution in [2.45, 2.75) is 6.54 Å². The summed E-state index contributed by atoms with van der Waals surface area (Å²) < 4.78 is 25.2. The highest BCUT2D eigenvalue weighted by Crippen LogP contribution is 2.40. The van der Waals surface area contributed by atoms with Crippen molar-refractivity contribution in [2.75, 3.05) is 44.3 Å². The van der Waals surface area contributed by atoms with Gasteiger partial charge in [0.05, 0.1) is 5.69 Å². The van der Waals surface area contributed by atoms with E-state index in [-0.39, 0.29) is 5.82 Å². The lowest BCUT2D eigenvalue weighted by atomic mass is 10.1. The van der Waals surface area contributed by atoms with Gasteiger partial charge in [-0.1, -0.05) is 30.3 Å². The van der Waals surface area contributed by atoms with E-state index in [0.29, 0.717) is 24.7 Å². The Kier molecular flexibility index (Phi) is 4.26. The van der Waals surface area contributed by atoms with E-state index in [0.717, 1.165) is 38.4 Å². The van der Waals surface area contributed by atoms with Gasteiger partial charge in [0.2, 0.25) is 0 Å². The molecule has 0 aliphatic carbocycles. The maximum Gasteiger partial charge on any atom is 0.184 e. The zero-order valence-electron chi connectivity index (χ0n) is 13.6. The molecule has 0 spiro atoms. The number of hydrogen-bond donors (Lipinski definition) is 0. The summed E-state index contributed by atoms with van der Waals surface area (Å²) >= 11 is 0. The standard InChI is InChI=1S/C19H21FN2O2/c20-16-12-17(19-18(13-16)23-10-11-24-19)22-8-6-21(7-9-22)14-15-4-2-1-3-5-15/h1-5,12-13H,6-11,14H2. The van der Waals surface area contributed by atoms with Crippen LogP contribution in [0, 0.1) is 5.82 Å². The molecule has 2 aliphatic rings. The molecule has 4 rings (SSSR count). The Balaban J connectivity index is 1.45. The lowest BCUT2D eigenvalue weighted by molar-refractivity contribution is 0.170. The van der Waals surface area contributed by atoms with Crippen molar-refractivity contribution in [2.24, 2.45) is 0 Å². The second-order valence-corrected chi connectivity index (χ2v) is 6.20. The van der Waals surface area contributed by atoms with Gasteiger partial charge in [0.1, 0.15) is 19.0 Å². The number of anilines is 1. The number of rotatable bonds is 3. The molecule has 0 radical (unpaired) electrons. The molecular formula is C19H21FN2O2. The van der Waals surface area contributed by atoms with Crippen molar-refractivity contribution in [3.05, 3.63) is 53.8 Å². The molecule has 0 atom stereocenters. The first-order valence-corrected chi connectivity index (χ1v) is 8.40. The quantitative estimate of drug-likeness (QED) is 0.865. The molecule has 0 saturated carbocycles. The average Bonchev–Trinajstić information content (AvgIpc) is 2.62. The summed E-state index contributed by atoms with van der Waals surface area (Å²) in [4.78, 5) is 4.62. The molecule has 0 unspecified atom stereocenters. The molecule has 0 bridgehead atoms. The maximum atomic E-state index is 13.9. The third-order valence-electron chi connectivity index (χ3n) is 4.55. The van der Waals surface area contributed by atoms with Crippen LogP contribution in [-0.2, 0) is 6.54 Å². The lowest BCUT2D eigenvalue weighted by Crippen LogP contribution is -2.46. The highest BCUT2D eigenvalue weighted by atomic mass is 19.1. The summed E-state index contributed by atoms with van der Waals surface area (Å²) in [5.74, 6) is 0.920. The molecule has 126 valence electrons. The fourth-order valence-corrected chi connectivity index (χ4v) is 3.33. The van der Waals surface area contributed by atoms with Crippen LogP contribution in [0.3, 0.4) is 0 Å². The molecular weight excluding hydrogens is 307 g/mol. The van der Waals surface area contributed by atoms with Crippen LogP contribution in [0.4, 0.5) is 10.1 Å². The number of fused-ring (bicyclic) bond motifs is 1. The zero-order valence-corrected chi connectivity index (χ0v) is 13.6. The number of ether oxygens (including phenoxy) is 2. The summed E-state index contributed by atoms with van der Waals surface area (Å²) in [5.41, 5.74) is 2.13. The van der Waals surface area contributed by atoms with Gasteiger partial charge in [0.15, 0.2) is 11.5 Å². The Labute approximate surface area is 141 Å². The van der Waals surface area contributed by atoms with Crippen molar-refractivity contribution in [1.82, 2.24) is 4.90 Å². The van der Waals surface area contributed by atoms with Crippen molar-refractivity contribution < 1.29 is 13.9 Å². The number of piperazine rings is 1. The van der Waals surface area contributed by atoms with Gasteiger partial charge in [0.25, 0.3) is 0 Å². The van der Waals surface area contributed by atoms with Crippen molar-refractivity contribution in [3.8, 4) is 11.5 Å². The molecule has 2 heterocycles. The second-order valence-electron chi connectivity index (χ2n) is 6.20. The van der Waals surface area contributed by atoms with Crippen molar-refractivity contribution in [3.63, 3.8) is 0 Å². The molecule has 0 amide bonds. The SMILES string of the molecule is Fc1cc2c(c(N3CCN(Cc4ccccc4)CC3)c1)OCCO2. The van der Waals surface area contributed by atoms with Gasteiger partial charge in [0, 0.05) is 44.9 Å². The van der Waals surface area contributed by atoms with Crippen LogP contribution in [0.2, 0.25) is 0 Å². The Morgan fingerprint density at radius 3 is 2.46 bits per heavy atom. The summed E-state index contributed by atoms with van der Waals surface area (Å²) in [6.45, 7) is 5.54. The van der Waals surface area contributed by atoms with Crippen LogP contribution >= 0.6 is 0 Å². The van der Waals surface area contributed by atoms with E-state index in [1.165, 1.54) is 11.6 Å². The highest BCUT2D eigenvalue weighted by Gasteiger charge is 2.25. The maximum absolute atomic E-state index is 13.9. The van der Waals surface area contributed by atoms with Gasteiger partial charge < -0.3 is 14.4 Å². The van der Waals surface area contributed by atoms with Gasteiger partial charge in [-0.3, -0.25) is 4.90 Å². The Morgan fingerprint density at radius 2 is 1.67 bits per heavy atom. The van der Waals surface area contributed by atoms with Gasteiger partial charge in [-0.05, 0) is 5.56 Å². The van der Waals surface area contributed by atoms with Crippen LogP contribution < -0.4 is 14.4 Å². The van der Waals surface area contributed by atoms with E-state index in [1.807, 2.05) is 6.07 Å². The van der Waals surface area contributed by atoms with E-state index < -0.39 is 0 Å². The molecule has 2 aromatic carbocycles. The minimum atomic E-state index is -0.277. The molecule has 5 heteroatoms. The number of nitrogens with zero attached hydrogens (tertiary/aromatic N) is 2. The fourth-order valence-electron chi connectivity index (χ4n) is 3.33. The van der Waals surface area contributed by atoms with Crippen LogP contribution in [0.15, 0.2) is 42.5 Å². The summed E-state index contributed by atoms with van der Waals surface area (Å²) in [5, 5.41) is 0. The van der Waals surface area contributed by atoms with Crippen LogP contribution in [0.5, 0.6) is 11.5 Å². The normalized spacial score (nSPS) is 17.8. The first-order valence-electron chi connectivity index (χ1n) is 8.40. The van der Waals surface area contributed by atoms with Gasteiger partial charge in [-0.2, -0.15) is 0 Å². The second kappa shape index (κ2) is 6.69. The molecule has 24 heavy (non-hydrogen) atoms. The summed E-state index contributed by atoms with van der Waals surface area (Å²) in [6.07, 6.45) is 0. The third-order valence-corrected chi connectivity index (χ3v) is 4.55. The van der Waals surface area contributed by atoms with Gasteiger partial charge in [-0.25, -0.2) is 4.39 Å². The minimum absolute atomic E-state index is 0.277. The zero-order chi connectivity index (χ0) is 16.4. The van der Waals surface area contributed by atoms with Crippen molar-refractivity contribution in [1.29, 1.82) is 0 Å². The third kappa shape index (κ3) is 3.17. The molecule has 0 N–H and O–H groups in total. The molecule has 0 aromatic heterocycles. The largest absolute Gasteiger partial charge is 0.486 e. The Bertz CT molecular complexity index is 700. The topological polar surface area (TPSA) is 24.9 Å². The monoisotopic (exact) mass is 328 g/mol.